The van der Waals surface area contributed by atoms with Crippen LogP contribution in [0.15, 0.2) is 0 Å². The van der Waals surface area contributed by atoms with Crippen LogP contribution in [0.2, 0.25) is 0 Å². The Balaban J connectivity index is 2.13. The number of carbonyl (C=O) groups is 1. The first-order valence-electron chi connectivity index (χ1n) is 4.19. The predicted molar refractivity (Wildman–Crippen MR) is 45.4 cm³/mol. The first-order chi connectivity index (χ1) is 5.83. The van der Waals surface area contributed by atoms with Crippen LogP contribution >= 0.6 is 0 Å². The first-order valence-corrected chi connectivity index (χ1v) is 4.19. The average molecular weight is 167 g/mol. The van der Waals surface area contributed by atoms with Crippen molar-refractivity contribution >= 4 is 5.97 Å². The molecule has 1 aliphatic heterocycles. The van der Waals surface area contributed by atoms with Crippen LogP contribution in [-0.2, 0) is 9.53 Å². The minimum absolute atomic E-state index is 0.401. The van der Waals surface area contributed by atoms with Gasteiger partial charge in [-0.2, -0.15) is 0 Å². The van der Waals surface area contributed by atoms with Gasteiger partial charge in [-0.3, -0.25) is 0 Å². The van der Waals surface area contributed by atoms with E-state index < -0.39 is 5.97 Å². The maximum Gasteiger partial charge on any atom is 0.384 e. The van der Waals surface area contributed by atoms with E-state index in [0.717, 1.165) is 19.5 Å². The molecule has 1 aliphatic rings. The van der Waals surface area contributed by atoms with E-state index >= 15 is 0 Å². The fraction of sp³-hybridized carbons (Fsp3) is 0.667. The minimum atomic E-state index is -0.412. The molecule has 12 heavy (non-hydrogen) atoms. The van der Waals surface area contributed by atoms with E-state index in [1.165, 1.54) is 0 Å². The highest BCUT2D eigenvalue weighted by Gasteiger charge is 2.14. The summed E-state index contributed by atoms with van der Waals surface area (Å²) in [5.41, 5.74) is 0. The predicted octanol–water partition coefficient (Wildman–Crippen LogP) is 0.162. The van der Waals surface area contributed by atoms with Crippen molar-refractivity contribution < 1.29 is 9.53 Å². The molecule has 1 heterocycles. The summed E-state index contributed by atoms with van der Waals surface area (Å²) in [6.07, 6.45) is 0.797. The molecule has 66 valence electrons. The molecule has 1 rings (SSSR count). The van der Waals surface area contributed by atoms with Gasteiger partial charge in [0.2, 0.25) is 0 Å². The van der Waals surface area contributed by atoms with E-state index in [4.69, 9.17) is 0 Å². The number of hydrogen-bond acceptors (Lipinski definition) is 3. The second-order valence-corrected chi connectivity index (χ2v) is 2.75. The standard InChI is InChI=1S/C9H13NO2/c1-2-12-9(11)5-3-4-8-6-10-7-8/h8,10H,2,4,6-7H2,1H3. The molecule has 0 saturated carbocycles. The Labute approximate surface area is 72.5 Å². The second kappa shape index (κ2) is 4.78. The largest absolute Gasteiger partial charge is 0.456 e. The van der Waals surface area contributed by atoms with Gasteiger partial charge < -0.3 is 10.1 Å². The fourth-order valence-corrected chi connectivity index (χ4v) is 0.928. The van der Waals surface area contributed by atoms with Crippen LogP contribution < -0.4 is 5.32 Å². The number of carbonyl (C=O) groups excluding carboxylic acids is 1. The van der Waals surface area contributed by atoms with Crippen molar-refractivity contribution in [3.05, 3.63) is 0 Å². The molecule has 0 aromatic heterocycles. The maximum absolute atomic E-state index is 10.7. The minimum Gasteiger partial charge on any atom is -0.456 e. The molecule has 1 N–H and O–H groups in total. The molecule has 0 aliphatic carbocycles. The number of ether oxygens (including phenoxy) is 1. The van der Waals surface area contributed by atoms with E-state index in [1.807, 2.05) is 0 Å². The maximum atomic E-state index is 10.7. The van der Waals surface area contributed by atoms with Crippen LogP contribution in [0.3, 0.4) is 0 Å². The Bertz CT molecular complexity index is 210. The Morgan fingerprint density at radius 3 is 2.92 bits per heavy atom. The molecule has 0 spiro atoms. The van der Waals surface area contributed by atoms with Crippen LogP contribution in [0.4, 0.5) is 0 Å². The van der Waals surface area contributed by atoms with E-state index in [1.54, 1.807) is 6.92 Å². The van der Waals surface area contributed by atoms with Gasteiger partial charge >= 0.3 is 5.97 Å². The van der Waals surface area contributed by atoms with Crippen molar-refractivity contribution in [2.45, 2.75) is 13.3 Å². The van der Waals surface area contributed by atoms with Gasteiger partial charge in [-0.25, -0.2) is 4.79 Å². The third-order valence-electron chi connectivity index (χ3n) is 1.72. The fourth-order valence-electron chi connectivity index (χ4n) is 0.928. The summed E-state index contributed by atoms with van der Waals surface area (Å²) in [7, 11) is 0. The SMILES string of the molecule is CCOC(=O)C#CCC1CNC1. The van der Waals surface area contributed by atoms with Crippen LogP contribution in [0.5, 0.6) is 0 Å². The van der Waals surface area contributed by atoms with Crippen molar-refractivity contribution in [3.63, 3.8) is 0 Å². The van der Waals surface area contributed by atoms with Crippen molar-refractivity contribution in [2.75, 3.05) is 19.7 Å². The highest BCUT2D eigenvalue weighted by atomic mass is 16.5. The summed E-state index contributed by atoms with van der Waals surface area (Å²) in [6, 6.07) is 0. The Hall–Kier alpha value is -1.01. The molecule has 1 saturated heterocycles. The van der Waals surface area contributed by atoms with Gasteiger partial charge in [-0.15, -0.1) is 0 Å². The second-order valence-electron chi connectivity index (χ2n) is 2.75. The Morgan fingerprint density at radius 1 is 1.67 bits per heavy atom. The third-order valence-corrected chi connectivity index (χ3v) is 1.72. The lowest BCUT2D eigenvalue weighted by Gasteiger charge is -2.24. The quantitative estimate of drug-likeness (QED) is 0.362. The topological polar surface area (TPSA) is 38.3 Å². The molecular weight excluding hydrogens is 154 g/mol. The normalized spacial score (nSPS) is 15.8. The van der Waals surface area contributed by atoms with Crippen molar-refractivity contribution in [1.82, 2.24) is 5.32 Å². The van der Waals surface area contributed by atoms with Crippen molar-refractivity contribution in [2.24, 2.45) is 5.92 Å². The summed E-state index contributed by atoms with van der Waals surface area (Å²) in [5.74, 6) is 5.47. The van der Waals surface area contributed by atoms with Gasteiger partial charge in [0.15, 0.2) is 0 Å². The van der Waals surface area contributed by atoms with Gasteiger partial charge in [-0.05, 0) is 12.8 Å². The van der Waals surface area contributed by atoms with Crippen molar-refractivity contribution in [3.8, 4) is 11.8 Å². The highest BCUT2D eigenvalue weighted by Crippen LogP contribution is 2.05. The molecule has 0 aromatic carbocycles. The van der Waals surface area contributed by atoms with Crippen LogP contribution in [0.1, 0.15) is 13.3 Å². The van der Waals surface area contributed by atoms with Gasteiger partial charge in [0.1, 0.15) is 0 Å². The zero-order valence-electron chi connectivity index (χ0n) is 7.22. The van der Waals surface area contributed by atoms with Crippen LogP contribution in [0.25, 0.3) is 0 Å². The molecule has 0 bridgehead atoms. The Morgan fingerprint density at radius 2 is 2.42 bits per heavy atom. The zero-order chi connectivity index (χ0) is 8.81. The van der Waals surface area contributed by atoms with Crippen LogP contribution in [0, 0.1) is 17.8 Å². The lowest BCUT2D eigenvalue weighted by Crippen LogP contribution is -2.41. The Kier molecular flexibility index (Phi) is 3.62. The van der Waals surface area contributed by atoms with Gasteiger partial charge in [0.25, 0.3) is 0 Å². The van der Waals surface area contributed by atoms with Gasteiger partial charge in [-0.1, -0.05) is 5.92 Å². The summed E-state index contributed by atoms with van der Waals surface area (Å²) in [5, 5.41) is 3.14. The van der Waals surface area contributed by atoms with Crippen molar-refractivity contribution in [1.29, 1.82) is 0 Å². The smallest absolute Gasteiger partial charge is 0.384 e. The summed E-state index contributed by atoms with van der Waals surface area (Å²) >= 11 is 0. The number of esters is 1. The van der Waals surface area contributed by atoms with Gasteiger partial charge in [0, 0.05) is 25.4 Å². The monoisotopic (exact) mass is 167 g/mol. The first kappa shape index (κ1) is 9.08. The molecule has 3 heteroatoms. The van der Waals surface area contributed by atoms with E-state index in [9.17, 15) is 4.79 Å². The molecule has 0 aromatic rings. The van der Waals surface area contributed by atoms with Gasteiger partial charge in [0.05, 0.1) is 6.61 Å². The summed E-state index contributed by atoms with van der Waals surface area (Å²) in [4.78, 5) is 10.7. The number of rotatable bonds is 2. The van der Waals surface area contributed by atoms with E-state index in [-0.39, 0.29) is 0 Å². The summed E-state index contributed by atoms with van der Waals surface area (Å²) < 4.78 is 4.65. The molecule has 0 radical (unpaired) electrons. The van der Waals surface area contributed by atoms with E-state index in [0.29, 0.717) is 12.5 Å². The lowest BCUT2D eigenvalue weighted by molar-refractivity contribution is -0.136. The molecular formula is C9H13NO2. The molecule has 1 fully saturated rings. The number of hydrogen-bond donors (Lipinski definition) is 1. The third kappa shape index (κ3) is 2.93. The zero-order valence-corrected chi connectivity index (χ0v) is 7.22. The molecule has 0 amide bonds. The van der Waals surface area contributed by atoms with Crippen LogP contribution in [-0.4, -0.2) is 25.7 Å². The lowest BCUT2D eigenvalue weighted by atomic mass is 10.0. The van der Waals surface area contributed by atoms with E-state index in [2.05, 4.69) is 21.9 Å². The molecule has 3 nitrogen and oxygen atoms in total. The number of nitrogens with one attached hydrogen (secondary N) is 1. The molecule has 0 unspecified atom stereocenters. The summed E-state index contributed by atoms with van der Waals surface area (Å²) in [6.45, 7) is 4.23. The highest BCUT2D eigenvalue weighted by molar-refractivity contribution is 5.88. The average Bonchev–Trinajstić information content (AvgIpc) is 1.95. The molecule has 0 atom stereocenters.